The van der Waals surface area contributed by atoms with Crippen molar-refractivity contribution in [3.63, 3.8) is 0 Å². The smallest absolute Gasteiger partial charge is 0.275 e. The van der Waals surface area contributed by atoms with Gasteiger partial charge in [0.15, 0.2) is 0 Å². The summed E-state index contributed by atoms with van der Waals surface area (Å²) in [7, 11) is 0. The quantitative estimate of drug-likeness (QED) is 0.524. The van der Waals surface area contributed by atoms with Gasteiger partial charge in [-0.05, 0) is 43.3 Å². The van der Waals surface area contributed by atoms with Gasteiger partial charge in [-0.25, -0.2) is 4.68 Å². The van der Waals surface area contributed by atoms with E-state index in [1.54, 1.807) is 67.6 Å². The van der Waals surface area contributed by atoms with Crippen molar-refractivity contribution in [2.45, 2.75) is 13.5 Å². The molecule has 0 aliphatic carbocycles. The van der Waals surface area contributed by atoms with Crippen molar-refractivity contribution >= 4 is 34.0 Å². The van der Waals surface area contributed by atoms with Crippen LogP contribution in [0.1, 0.15) is 16.1 Å². The van der Waals surface area contributed by atoms with Crippen molar-refractivity contribution in [2.24, 2.45) is 0 Å². The second kappa shape index (κ2) is 8.62. The number of carbonyl (C=O) groups excluding carboxylic acids is 2. The maximum atomic E-state index is 12.7. The highest BCUT2D eigenvalue weighted by Crippen LogP contribution is 2.16. The first-order chi connectivity index (χ1) is 15.0. The number of anilines is 2. The third-order valence-electron chi connectivity index (χ3n) is 4.79. The number of hydrogen-bond acceptors (Lipinski definition) is 4. The minimum absolute atomic E-state index is 0.217. The fourth-order valence-corrected chi connectivity index (χ4v) is 3.32. The Morgan fingerprint density at radius 2 is 1.48 bits per heavy atom. The second-order valence-electron chi connectivity index (χ2n) is 7.04. The van der Waals surface area contributed by atoms with E-state index in [9.17, 15) is 14.4 Å². The van der Waals surface area contributed by atoms with Crippen LogP contribution in [0.4, 0.5) is 11.4 Å². The van der Waals surface area contributed by atoms with Crippen molar-refractivity contribution < 1.29 is 9.59 Å². The summed E-state index contributed by atoms with van der Waals surface area (Å²) in [6.07, 6.45) is 0. The van der Waals surface area contributed by atoms with Gasteiger partial charge in [0.1, 0.15) is 6.54 Å². The lowest BCUT2D eigenvalue weighted by atomic mass is 10.1. The molecule has 0 aliphatic rings. The number of nitrogens with zero attached hydrogens (tertiary/aromatic N) is 2. The molecule has 154 valence electrons. The van der Waals surface area contributed by atoms with Gasteiger partial charge < -0.3 is 10.6 Å². The Morgan fingerprint density at radius 3 is 2.23 bits per heavy atom. The molecular weight excluding hydrogens is 392 g/mol. The largest absolute Gasteiger partial charge is 0.324 e. The summed E-state index contributed by atoms with van der Waals surface area (Å²) >= 11 is 0. The fourth-order valence-electron chi connectivity index (χ4n) is 3.32. The van der Waals surface area contributed by atoms with Gasteiger partial charge in [-0.2, -0.15) is 5.10 Å². The van der Waals surface area contributed by atoms with E-state index in [4.69, 9.17) is 0 Å². The summed E-state index contributed by atoms with van der Waals surface area (Å²) in [6, 6.07) is 22.8. The van der Waals surface area contributed by atoms with Gasteiger partial charge >= 0.3 is 0 Å². The summed E-state index contributed by atoms with van der Waals surface area (Å²) < 4.78 is 1.16. The molecule has 0 aliphatic heterocycles. The molecule has 4 aromatic rings. The number of hydrogen-bond donors (Lipinski definition) is 2. The van der Waals surface area contributed by atoms with Gasteiger partial charge in [0.25, 0.3) is 11.5 Å². The summed E-state index contributed by atoms with van der Waals surface area (Å²) in [6.45, 7) is 1.58. The number of benzene rings is 3. The standard InChI is InChI=1S/C24H20N4O3/c1-16-20-12-5-6-13-21(20)24(31)28(27-16)15-22(29)25-18-10-7-11-19(14-18)26-23(30)17-8-3-2-4-9-17/h2-14H,15H2,1H3,(H,25,29)(H,26,30). The van der Waals surface area contributed by atoms with Gasteiger partial charge in [-0.3, -0.25) is 14.4 Å². The molecule has 0 saturated heterocycles. The van der Waals surface area contributed by atoms with Crippen LogP contribution in [0, 0.1) is 6.92 Å². The van der Waals surface area contributed by atoms with Crippen molar-refractivity contribution in [1.82, 2.24) is 9.78 Å². The fraction of sp³-hybridized carbons (Fsp3) is 0.0833. The van der Waals surface area contributed by atoms with E-state index in [1.807, 2.05) is 18.2 Å². The molecule has 1 heterocycles. The lowest BCUT2D eigenvalue weighted by Gasteiger charge is -2.11. The number of rotatable bonds is 5. The Bertz CT molecular complexity index is 1330. The van der Waals surface area contributed by atoms with Crippen LogP contribution in [0.25, 0.3) is 10.8 Å². The van der Waals surface area contributed by atoms with Crippen LogP contribution in [0.3, 0.4) is 0 Å². The first-order valence-electron chi connectivity index (χ1n) is 9.74. The van der Waals surface area contributed by atoms with Crippen LogP contribution < -0.4 is 16.2 Å². The molecule has 31 heavy (non-hydrogen) atoms. The molecule has 0 fully saturated rings. The van der Waals surface area contributed by atoms with E-state index in [2.05, 4.69) is 15.7 Å². The highest BCUT2D eigenvalue weighted by atomic mass is 16.2. The van der Waals surface area contributed by atoms with Crippen molar-refractivity contribution in [1.29, 1.82) is 0 Å². The maximum Gasteiger partial charge on any atom is 0.275 e. The highest BCUT2D eigenvalue weighted by molar-refractivity contribution is 6.04. The summed E-state index contributed by atoms with van der Waals surface area (Å²) in [5.74, 6) is -0.637. The molecule has 0 bridgehead atoms. The van der Waals surface area contributed by atoms with Gasteiger partial charge in [0.2, 0.25) is 5.91 Å². The third-order valence-corrected chi connectivity index (χ3v) is 4.79. The summed E-state index contributed by atoms with van der Waals surface area (Å²) in [5, 5.41) is 11.1. The number of amides is 2. The van der Waals surface area contributed by atoms with Crippen LogP contribution in [0.15, 0.2) is 83.7 Å². The molecule has 2 N–H and O–H groups in total. The SMILES string of the molecule is Cc1nn(CC(=O)Nc2cccc(NC(=O)c3ccccc3)c2)c(=O)c2ccccc12. The predicted octanol–water partition coefficient (Wildman–Crippen LogP) is 3.60. The minimum Gasteiger partial charge on any atom is -0.324 e. The van der Waals surface area contributed by atoms with E-state index in [1.165, 1.54) is 0 Å². The zero-order valence-electron chi connectivity index (χ0n) is 16.8. The number of nitrogens with one attached hydrogen (secondary N) is 2. The number of aryl methyl sites for hydroxylation is 1. The van der Waals surface area contributed by atoms with E-state index >= 15 is 0 Å². The van der Waals surface area contributed by atoms with Crippen LogP contribution in [-0.4, -0.2) is 21.6 Å². The normalized spacial score (nSPS) is 10.6. The molecule has 1 aromatic heterocycles. The van der Waals surface area contributed by atoms with Gasteiger partial charge in [0, 0.05) is 22.3 Å². The molecular formula is C24H20N4O3. The summed E-state index contributed by atoms with van der Waals surface area (Å²) in [5.41, 5.74) is 1.94. The van der Waals surface area contributed by atoms with Crippen LogP contribution in [0.5, 0.6) is 0 Å². The maximum absolute atomic E-state index is 12.7. The second-order valence-corrected chi connectivity index (χ2v) is 7.04. The van der Waals surface area contributed by atoms with Crippen molar-refractivity contribution in [2.75, 3.05) is 10.6 Å². The molecule has 0 radical (unpaired) electrons. The van der Waals surface area contributed by atoms with Gasteiger partial charge in [0.05, 0.1) is 11.1 Å². The number of carbonyl (C=O) groups is 2. The molecule has 0 unspecified atom stereocenters. The van der Waals surface area contributed by atoms with Gasteiger partial charge in [-0.1, -0.05) is 42.5 Å². The Morgan fingerprint density at radius 1 is 0.839 bits per heavy atom. The molecule has 3 aromatic carbocycles. The average molecular weight is 412 g/mol. The van der Waals surface area contributed by atoms with Crippen molar-refractivity contribution in [3.8, 4) is 0 Å². The average Bonchev–Trinajstić information content (AvgIpc) is 2.78. The Balaban J connectivity index is 1.48. The molecule has 4 rings (SSSR count). The topological polar surface area (TPSA) is 93.1 Å². The van der Waals surface area contributed by atoms with Crippen LogP contribution in [-0.2, 0) is 11.3 Å². The Kier molecular flexibility index (Phi) is 5.57. The molecule has 7 heteroatoms. The number of aromatic nitrogens is 2. The minimum atomic E-state index is -0.393. The highest BCUT2D eigenvalue weighted by Gasteiger charge is 2.12. The van der Waals surface area contributed by atoms with E-state index in [0.717, 1.165) is 10.1 Å². The first kappa shape index (κ1) is 20.0. The zero-order valence-corrected chi connectivity index (χ0v) is 16.8. The molecule has 0 atom stereocenters. The van der Waals surface area contributed by atoms with Gasteiger partial charge in [-0.15, -0.1) is 0 Å². The molecule has 0 spiro atoms. The predicted molar refractivity (Wildman–Crippen MR) is 120 cm³/mol. The third kappa shape index (κ3) is 4.51. The summed E-state index contributed by atoms with van der Waals surface area (Å²) in [4.78, 5) is 37.5. The monoisotopic (exact) mass is 412 g/mol. The van der Waals surface area contributed by atoms with Crippen LogP contribution in [0.2, 0.25) is 0 Å². The van der Waals surface area contributed by atoms with E-state index in [0.29, 0.717) is 28.0 Å². The zero-order chi connectivity index (χ0) is 21.8. The molecule has 7 nitrogen and oxygen atoms in total. The molecule has 2 amide bonds. The Hall–Kier alpha value is -4.26. The lowest BCUT2D eigenvalue weighted by Crippen LogP contribution is -2.30. The van der Waals surface area contributed by atoms with E-state index in [-0.39, 0.29) is 18.0 Å². The molecule has 0 saturated carbocycles. The van der Waals surface area contributed by atoms with Crippen molar-refractivity contribution in [3.05, 3.63) is 100 Å². The number of fused-ring (bicyclic) bond motifs is 1. The first-order valence-corrected chi connectivity index (χ1v) is 9.74. The Labute approximate surface area is 178 Å². The van der Waals surface area contributed by atoms with Crippen LogP contribution >= 0.6 is 0 Å². The lowest BCUT2D eigenvalue weighted by molar-refractivity contribution is -0.117. The van der Waals surface area contributed by atoms with E-state index < -0.39 is 5.91 Å².